The molecule has 0 saturated carbocycles. The summed E-state index contributed by atoms with van der Waals surface area (Å²) in [6, 6.07) is 9.22. The fourth-order valence-electron chi connectivity index (χ4n) is 1.04. The number of hydrogen-bond donors (Lipinski definition) is 2. The van der Waals surface area contributed by atoms with Crippen molar-refractivity contribution in [1.29, 1.82) is 5.26 Å². The van der Waals surface area contributed by atoms with Crippen LogP contribution in [0.3, 0.4) is 0 Å². The lowest BCUT2D eigenvalue weighted by molar-refractivity contribution is 0.508. The summed E-state index contributed by atoms with van der Waals surface area (Å²) >= 11 is 0. The van der Waals surface area contributed by atoms with Crippen LogP contribution in [-0.2, 0) is 5.54 Å². The Balaban J connectivity index is 3.00. The molecule has 4 N–H and O–H groups in total. The van der Waals surface area contributed by atoms with Crippen LogP contribution in [0.25, 0.3) is 0 Å². The highest BCUT2D eigenvalue weighted by molar-refractivity contribution is 5.34. The minimum atomic E-state index is -0.506. The molecule has 0 radical (unpaired) electrons. The lowest BCUT2D eigenvalue weighted by atomic mass is 9.93. The van der Waals surface area contributed by atoms with E-state index >= 15 is 0 Å². The number of hydrogen-bond acceptors (Lipinski definition) is 3. The van der Waals surface area contributed by atoms with E-state index in [-0.39, 0.29) is 0 Å². The van der Waals surface area contributed by atoms with Crippen LogP contribution in [0.4, 0.5) is 0 Å². The molecule has 1 aromatic rings. The molecular weight excluding hydrogens is 162 g/mol. The highest BCUT2D eigenvalue weighted by atomic mass is 14.8. The van der Waals surface area contributed by atoms with Crippen LogP contribution >= 0.6 is 0 Å². The molecule has 0 aromatic heterocycles. The van der Waals surface area contributed by atoms with Crippen LogP contribution < -0.4 is 11.5 Å². The summed E-state index contributed by atoms with van der Waals surface area (Å²) in [5.41, 5.74) is 12.5. The van der Waals surface area contributed by atoms with Gasteiger partial charge in [0, 0.05) is 6.54 Å². The maximum absolute atomic E-state index is 8.58. The number of nitriles is 1. The third-order valence-electron chi connectivity index (χ3n) is 2.10. The molecule has 0 bridgehead atoms. The van der Waals surface area contributed by atoms with Gasteiger partial charge in [-0.2, -0.15) is 5.26 Å². The minimum Gasteiger partial charge on any atom is -0.328 e. The second kappa shape index (κ2) is 3.56. The first-order valence-electron chi connectivity index (χ1n) is 4.10. The summed E-state index contributed by atoms with van der Waals surface area (Å²) in [5.74, 6) is 0. The molecule has 1 rings (SSSR count). The van der Waals surface area contributed by atoms with Crippen molar-refractivity contribution in [1.82, 2.24) is 0 Å². The standard InChI is InChI=1S/C10H13N3/c1-10(13,7-12)9-4-2-8(6-11)3-5-9/h2-5H,7,12-13H2,1H3. The van der Waals surface area contributed by atoms with E-state index < -0.39 is 5.54 Å². The zero-order valence-corrected chi connectivity index (χ0v) is 7.62. The number of rotatable bonds is 2. The predicted octanol–water partition coefficient (Wildman–Crippen LogP) is 0.691. The van der Waals surface area contributed by atoms with Crippen LogP contribution in [0.2, 0.25) is 0 Å². The van der Waals surface area contributed by atoms with E-state index in [1.807, 2.05) is 19.1 Å². The van der Waals surface area contributed by atoms with Gasteiger partial charge in [-0.25, -0.2) is 0 Å². The molecule has 13 heavy (non-hydrogen) atoms. The van der Waals surface area contributed by atoms with E-state index in [0.717, 1.165) is 5.56 Å². The van der Waals surface area contributed by atoms with Crippen LogP contribution in [-0.4, -0.2) is 6.54 Å². The predicted molar refractivity (Wildman–Crippen MR) is 51.8 cm³/mol. The fraction of sp³-hybridized carbons (Fsp3) is 0.300. The molecule has 3 nitrogen and oxygen atoms in total. The molecule has 0 fully saturated rings. The number of benzene rings is 1. The van der Waals surface area contributed by atoms with E-state index in [4.69, 9.17) is 16.7 Å². The molecule has 68 valence electrons. The smallest absolute Gasteiger partial charge is 0.0991 e. The first-order valence-corrected chi connectivity index (χ1v) is 4.10. The van der Waals surface area contributed by atoms with E-state index in [1.54, 1.807) is 12.1 Å². The van der Waals surface area contributed by atoms with Gasteiger partial charge >= 0.3 is 0 Å². The zero-order chi connectivity index (χ0) is 9.90. The van der Waals surface area contributed by atoms with Crippen molar-refractivity contribution >= 4 is 0 Å². The molecule has 3 heteroatoms. The molecule has 0 aliphatic heterocycles. The summed E-state index contributed by atoms with van der Waals surface area (Å²) in [6.07, 6.45) is 0. The second-order valence-electron chi connectivity index (χ2n) is 3.31. The number of nitrogens with zero attached hydrogens (tertiary/aromatic N) is 1. The summed E-state index contributed by atoms with van der Waals surface area (Å²) in [4.78, 5) is 0. The van der Waals surface area contributed by atoms with E-state index in [2.05, 4.69) is 6.07 Å². The van der Waals surface area contributed by atoms with Crippen molar-refractivity contribution in [3.05, 3.63) is 35.4 Å². The van der Waals surface area contributed by atoms with E-state index in [1.165, 1.54) is 0 Å². The van der Waals surface area contributed by atoms with Gasteiger partial charge in [0.15, 0.2) is 0 Å². The van der Waals surface area contributed by atoms with Crippen molar-refractivity contribution in [2.24, 2.45) is 11.5 Å². The van der Waals surface area contributed by atoms with Crippen molar-refractivity contribution in [2.45, 2.75) is 12.5 Å². The minimum absolute atomic E-state index is 0.388. The average Bonchev–Trinajstić information content (AvgIpc) is 2.18. The van der Waals surface area contributed by atoms with Gasteiger partial charge in [0.2, 0.25) is 0 Å². The van der Waals surface area contributed by atoms with Gasteiger partial charge in [-0.15, -0.1) is 0 Å². The largest absolute Gasteiger partial charge is 0.328 e. The Hall–Kier alpha value is -1.37. The van der Waals surface area contributed by atoms with Crippen molar-refractivity contribution in [3.8, 4) is 6.07 Å². The van der Waals surface area contributed by atoms with Gasteiger partial charge in [0.25, 0.3) is 0 Å². The first-order chi connectivity index (χ1) is 6.10. The Morgan fingerprint density at radius 3 is 2.31 bits per heavy atom. The maximum atomic E-state index is 8.58. The Morgan fingerprint density at radius 1 is 1.38 bits per heavy atom. The summed E-state index contributed by atoms with van der Waals surface area (Å²) in [5, 5.41) is 8.58. The summed E-state index contributed by atoms with van der Waals surface area (Å²) in [6.45, 7) is 2.26. The highest BCUT2D eigenvalue weighted by Crippen LogP contribution is 2.16. The third kappa shape index (κ3) is 2.05. The van der Waals surface area contributed by atoms with Gasteiger partial charge in [-0.1, -0.05) is 12.1 Å². The zero-order valence-electron chi connectivity index (χ0n) is 7.62. The average molecular weight is 175 g/mol. The fourth-order valence-corrected chi connectivity index (χ4v) is 1.04. The molecule has 0 amide bonds. The molecule has 0 saturated heterocycles. The van der Waals surface area contributed by atoms with Gasteiger partial charge in [-0.3, -0.25) is 0 Å². The normalized spacial score (nSPS) is 14.6. The van der Waals surface area contributed by atoms with Crippen LogP contribution in [0.1, 0.15) is 18.1 Å². The van der Waals surface area contributed by atoms with Gasteiger partial charge in [-0.05, 0) is 24.6 Å². The molecular formula is C10H13N3. The number of nitrogens with two attached hydrogens (primary N) is 2. The Kier molecular flexibility index (Phi) is 2.66. The Bertz CT molecular complexity index is 319. The van der Waals surface area contributed by atoms with Crippen molar-refractivity contribution in [2.75, 3.05) is 6.54 Å². The SMILES string of the molecule is CC(N)(CN)c1ccc(C#N)cc1. The molecule has 0 aliphatic carbocycles. The molecule has 0 heterocycles. The summed E-state index contributed by atoms with van der Waals surface area (Å²) in [7, 11) is 0. The quantitative estimate of drug-likeness (QED) is 0.694. The van der Waals surface area contributed by atoms with Gasteiger partial charge in [0.05, 0.1) is 17.2 Å². The first kappa shape index (κ1) is 9.72. The molecule has 1 aromatic carbocycles. The monoisotopic (exact) mass is 175 g/mol. The van der Waals surface area contributed by atoms with Gasteiger partial charge in [0.1, 0.15) is 0 Å². The lowest BCUT2D eigenvalue weighted by Gasteiger charge is -2.22. The van der Waals surface area contributed by atoms with E-state index in [9.17, 15) is 0 Å². The third-order valence-corrected chi connectivity index (χ3v) is 2.10. The molecule has 0 aliphatic rings. The van der Waals surface area contributed by atoms with Crippen molar-refractivity contribution < 1.29 is 0 Å². The van der Waals surface area contributed by atoms with Crippen molar-refractivity contribution in [3.63, 3.8) is 0 Å². The Morgan fingerprint density at radius 2 is 1.92 bits per heavy atom. The second-order valence-corrected chi connectivity index (χ2v) is 3.31. The topological polar surface area (TPSA) is 75.8 Å². The molecule has 1 unspecified atom stereocenters. The van der Waals surface area contributed by atoms with Crippen LogP contribution in [0, 0.1) is 11.3 Å². The lowest BCUT2D eigenvalue weighted by Crippen LogP contribution is -2.40. The highest BCUT2D eigenvalue weighted by Gasteiger charge is 2.18. The maximum Gasteiger partial charge on any atom is 0.0991 e. The van der Waals surface area contributed by atoms with Gasteiger partial charge < -0.3 is 11.5 Å². The van der Waals surface area contributed by atoms with Crippen LogP contribution in [0.5, 0.6) is 0 Å². The van der Waals surface area contributed by atoms with E-state index in [0.29, 0.717) is 12.1 Å². The van der Waals surface area contributed by atoms with Crippen LogP contribution in [0.15, 0.2) is 24.3 Å². The molecule has 1 atom stereocenters. The summed E-state index contributed by atoms with van der Waals surface area (Å²) < 4.78 is 0. The Labute approximate surface area is 78.0 Å². The molecule has 0 spiro atoms.